The first-order valence-corrected chi connectivity index (χ1v) is 7.68. The Bertz CT molecular complexity index is 499. The number of thioether (sulfide) groups is 1. The second-order valence-corrected chi connectivity index (χ2v) is 5.49. The fourth-order valence-electron chi connectivity index (χ4n) is 1.81. The van der Waals surface area contributed by atoms with Gasteiger partial charge in [-0.25, -0.2) is 4.79 Å². The minimum absolute atomic E-state index is 0.0315. The highest BCUT2D eigenvalue weighted by Crippen LogP contribution is 2.17. The molecule has 0 bridgehead atoms. The fraction of sp³-hybridized carbons (Fsp3) is 0.667. The van der Waals surface area contributed by atoms with Crippen molar-refractivity contribution >= 4 is 23.6 Å². The lowest BCUT2D eigenvalue weighted by atomic mass is 10.3. The van der Waals surface area contributed by atoms with Crippen LogP contribution < -0.4 is 0 Å². The molecule has 8 nitrogen and oxygen atoms in total. The van der Waals surface area contributed by atoms with Gasteiger partial charge in [0.15, 0.2) is 0 Å². The summed E-state index contributed by atoms with van der Waals surface area (Å²) in [5.41, 5.74) is 0. The third-order valence-corrected chi connectivity index (χ3v) is 3.83. The highest BCUT2D eigenvalue weighted by Gasteiger charge is 2.21. The zero-order valence-electron chi connectivity index (χ0n) is 12.1. The number of amides is 1. The molecule has 1 aliphatic rings. The van der Waals surface area contributed by atoms with Crippen molar-refractivity contribution in [1.82, 2.24) is 20.0 Å². The minimum Gasteiger partial charge on any atom is -0.459 e. The van der Waals surface area contributed by atoms with Crippen LogP contribution in [-0.4, -0.2) is 77.5 Å². The topological polar surface area (TPSA) is 88.8 Å². The summed E-state index contributed by atoms with van der Waals surface area (Å²) in [6.45, 7) is 5.15. The molecule has 0 unspecified atom stereocenters. The van der Waals surface area contributed by atoms with Crippen molar-refractivity contribution in [2.45, 2.75) is 12.1 Å². The van der Waals surface area contributed by atoms with E-state index in [1.165, 1.54) is 0 Å². The number of rotatable bonds is 5. The van der Waals surface area contributed by atoms with Gasteiger partial charge < -0.3 is 19.0 Å². The SMILES string of the molecule is CCOC(=O)c1nnc(SCC(=O)N2CCN(C)CC2)o1. The third-order valence-electron chi connectivity index (χ3n) is 3.03. The molecule has 1 saturated heterocycles. The standard InChI is InChI=1S/C12H18N4O4S/c1-3-19-11(18)10-13-14-12(20-10)21-8-9(17)16-6-4-15(2)5-7-16/h3-8H2,1-2H3. The lowest BCUT2D eigenvalue weighted by Crippen LogP contribution is -2.47. The Kier molecular flexibility index (Phi) is 5.57. The van der Waals surface area contributed by atoms with Crippen molar-refractivity contribution in [2.75, 3.05) is 45.6 Å². The van der Waals surface area contributed by atoms with E-state index in [0.717, 1.165) is 37.9 Å². The second-order valence-electron chi connectivity index (χ2n) is 4.57. The highest BCUT2D eigenvalue weighted by molar-refractivity contribution is 7.99. The Hall–Kier alpha value is -1.61. The van der Waals surface area contributed by atoms with Crippen LogP contribution >= 0.6 is 11.8 Å². The smallest absolute Gasteiger partial charge is 0.396 e. The number of hydrogen-bond donors (Lipinski definition) is 0. The lowest BCUT2D eigenvalue weighted by Gasteiger charge is -2.32. The van der Waals surface area contributed by atoms with Gasteiger partial charge in [0.1, 0.15) is 0 Å². The Labute approximate surface area is 126 Å². The van der Waals surface area contributed by atoms with E-state index in [-0.39, 0.29) is 29.4 Å². The number of ether oxygens (including phenoxy) is 1. The molecule has 0 saturated carbocycles. The van der Waals surface area contributed by atoms with E-state index in [0.29, 0.717) is 0 Å². The van der Waals surface area contributed by atoms with Gasteiger partial charge in [0, 0.05) is 26.2 Å². The number of esters is 1. The van der Waals surface area contributed by atoms with Gasteiger partial charge >= 0.3 is 11.9 Å². The van der Waals surface area contributed by atoms with E-state index in [4.69, 9.17) is 9.15 Å². The molecule has 1 aromatic heterocycles. The first-order chi connectivity index (χ1) is 10.1. The average Bonchev–Trinajstić information content (AvgIpc) is 2.95. The van der Waals surface area contributed by atoms with Crippen molar-refractivity contribution in [2.24, 2.45) is 0 Å². The number of carbonyl (C=O) groups is 2. The quantitative estimate of drug-likeness (QED) is 0.559. The van der Waals surface area contributed by atoms with Gasteiger partial charge in [0.2, 0.25) is 5.91 Å². The van der Waals surface area contributed by atoms with Crippen molar-refractivity contribution < 1.29 is 18.7 Å². The Balaban J connectivity index is 1.80. The molecule has 0 spiro atoms. The summed E-state index contributed by atoms with van der Waals surface area (Å²) in [4.78, 5) is 27.4. The predicted molar refractivity (Wildman–Crippen MR) is 75.1 cm³/mol. The molecule has 1 fully saturated rings. The fourth-order valence-corrected chi connectivity index (χ4v) is 2.48. The van der Waals surface area contributed by atoms with Gasteiger partial charge in [-0.1, -0.05) is 16.9 Å². The highest BCUT2D eigenvalue weighted by atomic mass is 32.2. The molecular formula is C12H18N4O4S. The van der Waals surface area contributed by atoms with Crippen LogP contribution in [0.15, 0.2) is 9.64 Å². The molecule has 2 rings (SSSR count). The molecule has 2 heterocycles. The number of aromatic nitrogens is 2. The van der Waals surface area contributed by atoms with Crippen LogP contribution in [0.3, 0.4) is 0 Å². The van der Waals surface area contributed by atoms with Crippen LogP contribution in [0, 0.1) is 0 Å². The van der Waals surface area contributed by atoms with Crippen LogP contribution in [0.5, 0.6) is 0 Å². The number of nitrogens with zero attached hydrogens (tertiary/aromatic N) is 4. The summed E-state index contributed by atoms with van der Waals surface area (Å²) < 4.78 is 9.89. The monoisotopic (exact) mass is 314 g/mol. The van der Waals surface area contributed by atoms with E-state index < -0.39 is 5.97 Å². The van der Waals surface area contributed by atoms with Crippen LogP contribution in [0.4, 0.5) is 0 Å². The van der Waals surface area contributed by atoms with E-state index in [2.05, 4.69) is 15.1 Å². The zero-order chi connectivity index (χ0) is 15.2. The molecule has 1 aliphatic heterocycles. The third kappa shape index (κ3) is 4.43. The van der Waals surface area contributed by atoms with Gasteiger partial charge in [-0.3, -0.25) is 4.79 Å². The predicted octanol–water partition coefficient (Wildman–Crippen LogP) is 0.112. The molecule has 116 valence electrons. The van der Waals surface area contributed by atoms with Crippen molar-refractivity contribution in [1.29, 1.82) is 0 Å². The maximum atomic E-state index is 12.0. The molecule has 0 radical (unpaired) electrons. The number of piperazine rings is 1. The van der Waals surface area contributed by atoms with Crippen LogP contribution in [0.1, 0.15) is 17.6 Å². The van der Waals surface area contributed by atoms with Crippen LogP contribution in [0.25, 0.3) is 0 Å². The Morgan fingerprint density at radius 1 is 1.29 bits per heavy atom. The summed E-state index contributed by atoms with van der Waals surface area (Å²) in [5, 5.41) is 7.50. The summed E-state index contributed by atoms with van der Waals surface area (Å²) >= 11 is 1.13. The maximum Gasteiger partial charge on any atom is 0.396 e. The molecule has 0 aliphatic carbocycles. The van der Waals surface area contributed by atoms with E-state index in [9.17, 15) is 9.59 Å². The first kappa shape index (κ1) is 15.8. The van der Waals surface area contributed by atoms with Crippen molar-refractivity contribution in [3.05, 3.63) is 5.89 Å². The molecule has 0 aromatic carbocycles. The van der Waals surface area contributed by atoms with Gasteiger partial charge in [0.25, 0.3) is 5.22 Å². The summed E-state index contributed by atoms with van der Waals surface area (Å²) in [6, 6.07) is 0. The normalized spacial score (nSPS) is 16.0. The van der Waals surface area contributed by atoms with E-state index >= 15 is 0 Å². The largest absolute Gasteiger partial charge is 0.459 e. The Morgan fingerprint density at radius 2 is 2.00 bits per heavy atom. The molecule has 0 atom stereocenters. The summed E-state index contributed by atoms with van der Waals surface area (Å²) in [5.74, 6) is -0.591. The maximum absolute atomic E-state index is 12.0. The summed E-state index contributed by atoms with van der Waals surface area (Å²) in [6.07, 6.45) is 0. The van der Waals surface area contributed by atoms with Gasteiger partial charge in [-0.15, -0.1) is 5.10 Å². The average molecular weight is 314 g/mol. The Morgan fingerprint density at radius 3 is 2.67 bits per heavy atom. The van der Waals surface area contributed by atoms with Crippen LogP contribution in [0.2, 0.25) is 0 Å². The number of likely N-dealkylation sites (N-methyl/N-ethyl adjacent to an activating group) is 1. The van der Waals surface area contributed by atoms with Gasteiger partial charge in [-0.05, 0) is 14.0 Å². The second kappa shape index (κ2) is 7.41. The minimum atomic E-state index is -0.651. The number of carbonyl (C=O) groups excluding carboxylic acids is 2. The summed E-state index contributed by atoms with van der Waals surface area (Å²) in [7, 11) is 2.03. The lowest BCUT2D eigenvalue weighted by molar-refractivity contribution is -0.129. The van der Waals surface area contributed by atoms with E-state index in [1.54, 1.807) is 6.92 Å². The molecule has 1 amide bonds. The van der Waals surface area contributed by atoms with Gasteiger partial charge in [-0.2, -0.15) is 0 Å². The molecule has 0 N–H and O–H groups in total. The van der Waals surface area contributed by atoms with E-state index in [1.807, 2.05) is 11.9 Å². The number of hydrogen-bond acceptors (Lipinski definition) is 8. The first-order valence-electron chi connectivity index (χ1n) is 6.70. The molecule has 9 heteroatoms. The zero-order valence-corrected chi connectivity index (χ0v) is 12.9. The van der Waals surface area contributed by atoms with Crippen LogP contribution in [-0.2, 0) is 9.53 Å². The molecule has 1 aromatic rings. The van der Waals surface area contributed by atoms with Crippen molar-refractivity contribution in [3.8, 4) is 0 Å². The van der Waals surface area contributed by atoms with Gasteiger partial charge in [0.05, 0.1) is 12.4 Å². The molecular weight excluding hydrogens is 296 g/mol. The molecule has 21 heavy (non-hydrogen) atoms. The van der Waals surface area contributed by atoms with Crippen molar-refractivity contribution in [3.63, 3.8) is 0 Å².